The molecule has 0 spiro atoms. The van der Waals surface area contributed by atoms with Gasteiger partial charge in [-0.15, -0.1) is 0 Å². The highest BCUT2D eigenvalue weighted by Crippen LogP contribution is 2.29. The zero-order chi connectivity index (χ0) is 19.9. The maximum absolute atomic E-state index is 12.3. The van der Waals surface area contributed by atoms with Crippen molar-refractivity contribution in [2.45, 2.75) is 33.1 Å². The first-order valence-corrected chi connectivity index (χ1v) is 9.56. The van der Waals surface area contributed by atoms with Crippen molar-refractivity contribution in [3.05, 3.63) is 59.8 Å². The molecule has 0 saturated heterocycles. The summed E-state index contributed by atoms with van der Waals surface area (Å²) in [5, 5.41) is 3.69. The molecule has 1 amide bonds. The SMILES string of the molecule is CCCCc1ccc(NC(=O)COc2cc(C)nc3ccc(OC)cc23)cc1. The van der Waals surface area contributed by atoms with Crippen molar-refractivity contribution in [1.82, 2.24) is 4.98 Å². The summed E-state index contributed by atoms with van der Waals surface area (Å²) in [6, 6.07) is 15.4. The Kier molecular flexibility index (Phi) is 6.48. The van der Waals surface area contributed by atoms with Gasteiger partial charge in [0.15, 0.2) is 6.61 Å². The summed E-state index contributed by atoms with van der Waals surface area (Å²) < 4.78 is 11.1. The molecule has 0 saturated carbocycles. The number of hydrogen-bond acceptors (Lipinski definition) is 4. The summed E-state index contributed by atoms with van der Waals surface area (Å²) in [5.41, 5.74) is 3.68. The van der Waals surface area contributed by atoms with Gasteiger partial charge in [0, 0.05) is 22.8 Å². The molecule has 3 aromatic rings. The summed E-state index contributed by atoms with van der Waals surface area (Å²) in [4.78, 5) is 16.8. The number of carbonyl (C=O) groups is 1. The Morgan fingerprint density at radius 1 is 1.11 bits per heavy atom. The van der Waals surface area contributed by atoms with Crippen LogP contribution in [0.4, 0.5) is 5.69 Å². The van der Waals surface area contributed by atoms with Crippen LogP contribution in [0.25, 0.3) is 10.9 Å². The van der Waals surface area contributed by atoms with E-state index in [1.807, 2.05) is 43.3 Å². The summed E-state index contributed by atoms with van der Waals surface area (Å²) in [6.07, 6.45) is 3.40. The van der Waals surface area contributed by atoms with Crippen LogP contribution in [0.5, 0.6) is 11.5 Å². The van der Waals surface area contributed by atoms with E-state index in [1.54, 1.807) is 7.11 Å². The number of benzene rings is 2. The van der Waals surface area contributed by atoms with E-state index in [0.29, 0.717) is 5.75 Å². The molecule has 5 nitrogen and oxygen atoms in total. The average molecular weight is 378 g/mol. The molecule has 5 heteroatoms. The van der Waals surface area contributed by atoms with Crippen LogP contribution in [0.2, 0.25) is 0 Å². The summed E-state index contributed by atoms with van der Waals surface area (Å²) in [5.74, 6) is 1.13. The third-order valence-electron chi connectivity index (χ3n) is 4.52. The number of aromatic nitrogens is 1. The van der Waals surface area contributed by atoms with E-state index in [0.717, 1.165) is 34.5 Å². The number of nitrogens with one attached hydrogen (secondary N) is 1. The number of pyridine rings is 1. The fraction of sp³-hybridized carbons (Fsp3) is 0.304. The van der Waals surface area contributed by atoms with Crippen LogP contribution < -0.4 is 14.8 Å². The number of hydrogen-bond donors (Lipinski definition) is 1. The van der Waals surface area contributed by atoms with E-state index >= 15 is 0 Å². The third kappa shape index (κ3) is 5.00. The smallest absolute Gasteiger partial charge is 0.262 e. The molecule has 0 radical (unpaired) electrons. The van der Waals surface area contributed by atoms with Gasteiger partial charge in [0.2, 0.25) is 0 Å². The van der Waals surface area contributed by atoms with Crippen molar-refractivity contribution in [3.8, 4) is 11.5 Å². The highest BCUT2D eigenvalue weighted by Gasteiger charge is 2.10. The van der Waals surface area contributed by atoms with Gasteiger partial charge in [-0.3, -0.25) is 9.78 Å². The molecule has 1 heterocycles. The van der Waals surface area contributed by atoms with Gasteiger partial charge < -0.3 is 14.8 Å². The zero-order valence-corrected chi connectivity index (χ0v) is 16.6. The second-order valence-corrected chi connectivity index (χ2v) is 6.78. The largest absolute Gasteiger partial charge is 0.497 e. The van der Waals surface area contributed by atoms with Crippen LogP contribution in [0.15, 0.2) is 48.5 Å². The molecule has 3 rings (SSSR count). The summed E-state index contributed by atoms with van der Waals surface area (Å²) >= 11 is 0. The van der Waals surface area contributed by atoms with Gasteiger partial charge in [-0.1, -0.05) is 25.5 Å². The third-order valence-corrected chi connectivity index (χ3v) is 4.52. The molecular weight excluding hydrogens is 352 g/mol. The first-order valence-electron chi connectivity index (χ1n) is 9.56. The van der Waals surface area contributed by atoms with Crippen LogP contribution in [0.1, 0.15) is 31.0 Å². The van der Waals surface area contributed by atoms with Gasteiger partial charge >= 0.3 is 0 Å². The fourth-order valence-electron chi connectivity index (χ4n) is 3.02. The Balaban J connectivity index is 1.65. The molecule has 0 aliphatic rings. The molecule has 1 aromatic heterocycles. The van der Waals surface area contributed by atoms with E-state index in [9.17, 15) is 4.79 Å². The Morgan fingerprint density at radius 3 is 2.61 bits per heavy atom. The monoisotopic (exact) mass is 378 g/mol. The minimum Gasteiger partial charge on any atom is -0.497 e. The van der Waals surface area contributed by atoms with Gasteiger partial charge in [0.1, 0.15) is 11.5 Å². The summed E-state index contributed by atoms with van der Waals surface area (Å²) in [6.45, 7) is 4.00. The maximum Gasteiger partial charge on any atom is 0.262 e. The van der Waals surface area contributed by atoms with E-state index in [2.05, 4.69) is 29.4 Å². The number of nitrogens with zero attached hydrogens (tertiary/aromatic N) is 1. The number of fused-ring (bicyclic) bond motifs is 1. The highest BCUT2D eigenvalue weighted by atomic mass is 16.5. The van der Waals surface area contributed by atoms with Gasteiger partial charge in [0.25, 0.3) is 5.91 Å². The minimum absolute atomic E-state index is 0.0760. The molecule has 0 aliphatic heterocycles. The number of unbranched alkanes of at least 4 members (excludes halogenated alkanes) is 1. The lowest BCUT2D eigenvalue weighted by atomic mass is 10.1. The Hall–Kier alpha value is -3.08. The predicted octanol–water partition coefficient (Wildman–Crippen LogP) is 4.91. The first kappa shape index (κ1) is 19.7. The lowest BCUT2D eigenvalue weighted by Crippen LogP contribution is -2.20. The van der Waals surface area contributed by atoms with Crippen molar-refractivity contribution in [2.24, 2.45) is 0 Å². The Labute approximate surface area is 165 Å². The molecule has 0 bridgehead atoms. The number of ether oxygens (including phenoxy) is 2. The normalized spacial score (nSPS) is 10.7. The van der Waals surface area contributed by atoms with Crippen LogP contribution >= 0.6 is 0 Å². The van der Waals surface area contributed by atoms with Crippen molar-refractivity contribution < 1.29 is 14.3 Å². The Morgan fingerprint density at radius 2 is 1.89 bits per heavy atom. The minimum atomic E-state index is -0.202. The quantitative estimate of drug-likeness (QED) is 0.605. The van der Waals surface area contributed by atoms with Crippen LogP contribution in [-0.2, 0) is 11.2 Å². The van der Waals surface area contributed by atoms with Gasteiger partial charge in [0.05, 0.1) is 12.6 Å². The number of amides is 1. The molecule has 0 unspecified atom stereocenters. The molecule has 2 aromatic carbocycles. The van der Waals surface area contributed by atoms with Crippen molar-refractivity contribution in [1.29, 1.82) is 0 Å². The van der Waals surface area contributed by atoms with E-state index in [-0.39, 0.29) is 12.5 Å². The number of rotatable bonds is 8. The summed E-state index contributed by atoms with van der Waals surface area (Å²) in [7, 11) is 1.62. The standard InChI is InChI=1S/C23H26N2O3/c1-4-5-6-17-7-9-18(10-8-17)25-23(26)15-28-22-13-16(2)24-21-12-11-19(27-3)14-20(21)22/h7-14H,4-6,15H2,1-3H3,(H,25,26). The molecule has 0 atom stereocenters. The highest BCUT2D eigenvalue weighted by molar-refractivity contribution is 5.92. The Bertz CT molecular complexity index is 952. The van der Waals surface area contributed by atoms with Gasteiger partial charge in [-0.05, 0) is 55.7 Å². The molecule has 0 aliphatic carbocycles. The second kappa shape index (κ2) is 9.22. The number of aryl methyl sites for hydroxylation is 2. The van der Waals surface area contributed by atoms with Crippen molar-refractivity contribution in [2.75, 3.05) is 19.0 Å². The lowest BCUT2D eigenvalue weighted by molar-refractivity contribution is -0.118. The van der Waals surface area contributed by atoms with E-state index in [1.165, 1.54) is 18.4 Å². The molecule has 146 valence electrons. The van der Waals surface area contributed by atoms with Crippen LogP contribution in [-0.4, -0.2) is 24.6 Å². The zero-order valence-electron chi connectivity index (χ0n) is 16.6. The van der Waals surface area contributed by atoms with Gasteiger partial charge in [-0.2, -0.15) is 0 Å². The number of carbonyl (C=O) groups excluding carboxylic acids is 1. The molecular formula is C23H26N2O3. The maximum atomic E-state index is 12.3. The predicted molar refractivity (Wildman–Crippen MR) is 112 cm³/mol. The van der Waals surface area contributed by atoms with E-state index in [4.69, 9.17) is 9.47 Å². The number of anilines is 1. The van der Waals surface area contributed by atoms with Crippen LogP contribution in [0, 0.1) is 6.92 Å². The molecule has 28 heavy (non-hydrogen) atoms. The second-order valence-electron chi connectivity index (χ2n) is 6.78. The van der Waals surface area contributed by atoms with Crippen molar-refractivity contribution in [3.63, 3.8) is 0 Å². The van der Waals surface area contributed by atoms with Gasteiger partial charge in [-0.25, -0.2) is 0 Å². The van der Waals surface area contributed by atoms with E-state index < -0.39 is 0 Å². The van der Waals surface area contributed by atoms with Crippen LogP contribution in [0.3, 0.4) is 0 Å². The van der Waals surface area contributed by atoms with Crippen molar-refractivity contribution >= 4 is 22.5 Å². The molecule has 1 N–H and O–H groups in total. The lowest BCUT2D eigenvalue weighted by Gasteiger charge is -2.12. The average Bonchev–Trinajstić information content (AvgIpc) is 2.71. The first-order chi connectivity index (χ1) is 13.6. The molecule has 0 fully saturated rings. The fourth-order valence-corrected chi connectivity index (χ4v) is 3.02. The topological polar surface area (TPSA) is 60.5 Å². The number of methoxy groups -OCH3 is 1.